The highest BCUT2D eigenvalue weighted by Crippen LogP contribution is 2.09. The summed E-state index contributed by atoms with van der Waals surface area (Å²) in [5.41, 5.74) is 6.86. The first kappa shape index (κ1) is 9.91. The predicted octanol–water partition coefficient (Wildman–Crippen LogP) is -1.67. The third-order valence-electron chi connectivity index (χ3n) is 1.78. The number of nitrogens with two attached hydrogens (primary N) is 3. The molecule has 0 heterocycles. The van der Waals surface area contributed by atoms with E-state index in [-0.39, 0.29) is 11.4 Å². The van der Waals surface area contributed by atoms with Crippen molar-refractivity contribution in [3.8, 4) is 0 Å². The quantitative estimate of drug-likeness (QED) is 0.175. The van der Waals surface area contributed by atoms with Crippen molar-refractivity contribution >= 4 is 23.4 Å². The largest absolute Gasteiger partial charge is 0.398 e. The SMILES string of the molecule is N/N=C(/C=O)C(=[NH2+])c1ccccc1N. The number of hydrogen-bond acceptors (Lipinski definition) is 4. The van der Waals surface area contributed by atoms with E-state index in [1.54, 1.807) is 24.3 Å². The van der Waals surface area contributed by atoms with Gasteiger partial charge in [0.25, 0.3) is 0 Å². The number of carbonyl (C=O) groups is 1. The molecule has 0 aliphatic heterocycles. The lowest BCUT2D eigenvalue weighted by molar-refractivity contribution is -0.110. The summed E-state index contributed by atoms with van der Waals surface area (Å²) in [5.74, 6) is 4.99. The van der Waals surface area contributed by atoms with Crippen LogP contribution in [0, 0.1) is 0 Å². The first-order chi connectivity index (χ1) is 6.70. The number of aldehydes is 1. The molecular weight excluding hydrogens is 180 g/mol. The van der Waals surface area contributed by atoms with E-state index in [2.05, 4.69) is 5.10 Å². The van der Waals surface area contributed by atoms with Gasteiger partial charge < -0.3 is 11.6 Å². The Labute approximate surface area is 80.9 Å². The zero-order valence-corrected chi connectivity index (χ0v) is 7.47. The fraction of sp³-hybridized carbons (Fsp3) is 0. The van der Waals surface area contributed by atoms with E-state index in [4.69, 9.17) is 17.0 Å². The summed E-state index contributed by atoms with van der Waals surface area (Å²) in [6.07, 6.45) is 0.488. The monoisotopic (exact) mass is 191 g/mol. The smallest absolute Gasteiger partial charge is 0.237 e. The number of carbonyl (C=O) groups excluding carboxylic acids is 1. The van der Waals surface area contributed by atoms with Gasteiger partial charge in [-0.1, -0.05) is 12.1 Å². The maximum Gasteiger partial charge on any atom is 0.237 e. The van der Waals surface area contributed by atoms with Crippen LogP contribution in [0.3, 0.4) is 0 Å². The molecule has 0 aromatic heterocycles. The highest BCUT2D eigenvalue weighted by molar-refractivity contribution is 6.64. The zero-order chi connectivity index (χ0) is 10.6. The molecule has 0 amide bonds. The van der Waals surface area contributed by atoms with Gasteiger partial charge in [-0.15, -0.1) is 0 Å². The molecule has 0 saturated heterocycles. The summed E-state index contributed by atoms with van der Waals surface area (Å²) in [5, 5.41) is 8.91. The molecule has 14 heavy (non-hydrogen) atoms. The second-order valence-corrected chi connectivity index (χ2v) is 2.63. The van der Waals surface area contributed by atoms with Crippen molar-refractivity contribution in [3.05, 3.63) is 29.8 Å². The molecule has 1 rings (SSSR count). The minimum absolute atomic E-state index is 0.0112. The molecule has 1 aromatic rings. The molecule has 0 bridgehead atoms. The number of hydrogen-bond donors (Lipinski definition) is 3. The van der Waals surface area contributed by atoms with Gasteiger partial charge in [0.2, 0.25) is 5.71 Å². The summed E-state index contributed by atoms with van der Waals surface area (Å²) in [4.78, 5) is 10.5. The molecule has 0 aliphatic rings. The number of para-hydroxylation sites is 1. The van der Waals surface area contributed by atoms with E-state index < -0.39 is 0 Å². The standard InChI is InChI=1S/C9H10N4O/c10-7-4-2-1-3-6(7)9(11)8(5-14)13-12/h1-5,11H,10,12H2/p+1/b11-9?,13-8-. The molecule has 5 nitrogen and oxygen atoms in total. The van der Waals surface area contributed by atoms with Crippen LogP contribution < -0.4 is 17.0 Å². The maximum atomic E-state index is 10.5. The highest BCUT2D eigenvalue weighted by Gasteiger charge is 2.16. The normalized spacial score (nSPS) is 11.0. The van der Waals surface area contributed by atoms with E-state index in [0.717, 1.165) is 0 Å². The topological polar surface area (TPSA) is 107 Å². The van der Waals surface area contributed by atoms with Crippen molar-refractivity contribution in [1.29, 1.82) is 0 Å². The predicted molar refractivity (Wildman–Crippen MR) is 54.6 cm³/mol. The van der Waals surface area contributed by atoms with Crippen molar-refractivity contribution in [1.82, 2.24) is 0 Å². The third-order valence-corrected chi connectivity index (χ3v) is 1.78. The Hall–Kier alpha value is -2.17. The lowest BCUT2D eigenvalue weighted by Crippen LogP contribution is -2.46. The van der Waals surface area contributed by atoms with Gasteiger partial charge in [0, 0.05) is 5.69 Å². The van der Waals surface area contributed by atoms with Crippen LogP contribution in [0.5, 0.6) is 0 Å². The van der Waals surface area contributed by atoms with Crippen LogP contribution >= 0.6 is 0 Å². The Kier molecular flexibility index (Phi) is 2.96. The molecule has 0 radical (unpaired) electrons. The summed E-state index contributed by atoms with van der Waals surface area (Å²) in [7, 11) is 0. The van der Waals surface area contributed by atoms with E-state index in [1.165, 1.54) is 0 Å². The molecule has 1 aromatic carbocycles. The van der Waals surface area contributed by atoms with Gasteiger partial charge in [-0.3, -0.25) is 10.2 Å². The molecule has 0 aliphatic carbocycles. The second kappa shape index (κ2) is 4.18. The molecule has 0 unspecified atom stereocenters. The van der Waals surface area contributed by atoms with Crippen LogP contribution in [-0.4, -0.2) is 17.7 Å². The fourth-order valence-corrected chi connectivity index (χ4v) is 1.04. The van der Waals surface area contributed by atoms with Crippen LogP contribution in [0.2, 0.25) is 0 Å². The molecule has 72 valence electrons. The van der Waals surface area contributed by atoms with E-state index in [0.29, 0.717) is 17.5 Å². The zero-order valence-electron chi connectivity index (χ0n) is 7.47. The summed E-state index contributed by atoms with van der Waals surface area (Å²) < 4.78 is 0. The number of rotatable bonds is 3. The van der Waals surface area contributed by atoms with E-state index in [9.17, 15) is 4.79 Å². The molecule has 0 spiro atoms. The lowest BCUT2D eigenvalue weighted by Gasteiger charge is -2.00. The van der Waals surface area contributed by atoms with Crippen LogP contribution in [0.1, 0.15) is 5.56 Å². The van der Waals surface area contributed by atoms with Gasteiger partial charge in [-0.2, -0.15) is 5.10 Å². The van der Waals surface area contributed by atoms with Gasteiger partial charge in [0.15, 0.2) is 12.0 Å². The van der Waals surface area contributed by atoms with Gasteiger partial charge >= 0.3 is 0 Å². The second-order valence-electron chi connectivity index (χ2n) is 2.63. The molecular formula is C9H11N4O+. The number of nitrogen functional groups attached to an aromatic ring is 1. The van der Waals surface area contributed by atoms with Crippen molar-refractivity contribution in [3.63, 3.8) is 0 Å². The van der Waals surface area contributed by atoms with Crippen molar-refractivity contribution < 1.29 is 10.2 Å². The molecule has 0 atom stereocenters. The Morgan fingerprint density at radius 2 is 2.07 bits per heavy atom. The minimum atomic E-state index is -0.0112. The van der Waals surface area contributed by atoms with Crippen LogP contribution in [0.25, 0.3) is 0 Å². The minimum Gasteiger partial charge on any atom is -0.398 e. The maximum absolute atomic E-state index is 10.5. The molecule has 0 saturated carbocycles. The first-order valence-corrected chi connectivity index (χ1v) is 3.91. The number of nitrogens with zero attached hydrogens (tertiary/aromatic N) is 1. The van der Waals surface area contributed by atoms with E-state index in [1.807, 2.05) is 0 Å². The lowest BCUT2D eigenvalue weighted by atomic mass is 10.1. The molecule has 6 N–H and O–H groups in total. The van der Waals surface area contributed by atoms with Gasteiger partial charge in [0.1, 0.15) is 0 Å². The number of hydrazone groups is 1. The van der Waals surface area contributed by atoms with Crippen molar-refractivity contribution in [2.75, 3.05) is 5.73 Å². The summed E-state index contributed by atoms with van der Waals surface area (Å²) in [6, 6.07) is 6.91. The van der Waals surface area contributed by atoms with Gasteiger partial charge in [-0.05, 0) is 12.1 Å². The Bertz CT molecular complexity index is 398. The Morgan fingerprint density at radius 1 is 1.43 bits per heavy atom. The Morgan fingerprint density at radius 3 is 2.57 bits per heavy atom. The van der Waals surface area contributed by atoms with Gasteiger partial charge in [-0.25, -0.2) is 0 Å². The fourth-order valence-electron chi connectivity index (χ4n) is 1.04. The van der Waals surface area contributed by atoms with Crippen LogP contribution in [0.4, 0.5) is 5.69 Å². The van der Waals surface area contributed by atoms with Gasteiger partial charge in [0.05, 0.1) is 5.56 Å². The number of anilines is 1. The van der Waals surface area contributed by atoms with Crippen LogP contribution in [-0.2, 0) is 4.79 Å². The van der Waals surface area contributed by atoms with Crippen molar-refractivity contribution in [2.45, 2.75) is 0 Å². The van der Waals surface area contributed by atoms with Crippen LogP contribution in [0.15, 0.2) is 29.4 Å². The summed E-state index contributed by atoms with van der Waals surface area (Å²) >= 11 is 0. The van der Waals surface area contributed by atoms with E-state index >= 15 is 0 Å². The molecule has 0 fully saturated rings. The number of benzene rings is 1. The summed E-state index contributed by atoms with van der Waals surface area (Å²) in [6.45, 7) is 0. The first-order valence-electron chi connectivity index (χ1n) is 3.91. The van der Waals surface area contributed by atoms with Crippen molar-refractivity contribution in [2.24, 2.45) is 10.9 Å². The molecule has 5 heteroatoms. The average molecular weight is 191 g/mol. The third kappa shape index (κ3) is 1.77. The average Bonchev–Trinajstić information content (AvgIpc) is 2.20. The highest BCUT2D eigenvalue weighted by atomic mass is 16.1. The Balaban J connectivity index is 3.13.